The fourth-order valence-corrected chi connectivity index (χ4v) is 3.52. The van der Waals surface area contributed by atoms with Gasteiger partial charge in [-0.15, -0.1) is 0 Å². The highest BCUT2D eigenvalue weighted by Crippen LogP contribution is 2.36. The molecule has 1 aliphatic rings. The van der Waals surface area contributed by atoms with Gasteiger partial charge in [0.2, 0.25) is 0 Å². The summed E-state index contributed by atoms with van der Waals surface area (Å²) in [7, 11) is 1.58. The maximum Gasteiger partial charge on any atom is 0.319 e. The number of carbonyl (C=O) groups is 1. The zero-order valence-corrected chi connectivity index (χ0v) is 16.2. The molecule has 7 heteroatoms. The molecule has 0 spiro atoms. The summed E-state index contributed by atoms with van der Waals surface area (Å²) >= 11 is 0. The van der Waals surface area contributed by atoms with Crippen LogP contribution in [-0.4, -0.2) is 24.3 Å². The van der Waals surface area contributed by atoms with E-state index in [1.54, 1.807) is 17.7 Å². The first-order valence-electron chi connectivity index (χ1n) is 9.63. The Kier molecular flexibility index (Phi) is 5.37. The standard InChI is InChI=1S/C22H23N3O4/c1-28-18-10-9-16-13-17(24-22(27)23-14-15-7-3-2-4-8-15)21(26)25-11-5-6-12-29-20(18)19(16)25/h2-4,7-10,13H,5-6,11-12,14H2,1H3,(H2,23,24,27). The highest BCUT2D eigenvalue weighted by molar-refractivity contribution is 5.94. The molecule has 2 N–H and O–H groups in total. The SMILES string of the molecule is COc1ccc2cc(NC(=O)NCc3ccccc3)c(=O)n3c2c1OCCCC3. The Labute approximate surface area is 168 Å². The van der Waals surface area contributed by atoms with E-state index in [4.69, 9.17) is 9.47 Å². The Morgan fingerprint density at radius 1 is 1.17 bits per heavy atom. The minimum atomic E-state index is -0.422. The van der Waals surface area contributed by atoms with Crippen LogP contribution in [0, 0.1) is 0 Å². The normalized spacial score (nSPS) is 13.1. The summed E-state index contributed by atoms with van der Waals surface area (Å²) in [5, 5.41) is 6.29. The Balaban J connectivity index is 1.66. The molecule has 4 rings (SSSR count). The highest BCUT2D eigenvalue weighted by Gasteiger charge is 2.19. The predicted octanol–water partition coefficient (Wildman–Crippen LogP) is 3.50. The number of ether oxygens (including phenoxy) is 2. The van der Waals surface area contributed by atoms with Crippen molar-refractivity contribution in [2.45, 2.75) is 25.9 Å². The van der Waals surface area contributed by atoms with Gasteiger partial charge >= 0.3 is 6.03 Å². The molecule has 2 heterocycles. The number of aromatic nitrogens is 1. The molecule has 150 valence electrons. The van der Waals surface area contributed by atoms with Gasteiger partial charge in [-0.3, -0.25) is 4.79 Å². The second-order valence-corrected chi connectivity index (χ2v) is 6.90. The lowest BCUT2D eigenvalue weighted by Crippen LogP contribution is -2.33. The lowest BCUT2D eigenvalue weighted by atomic mass is 10.1. The molecule has 0 fully saturated rings. The third-order valence-corrected chi connectivity index (χ3v) is 4.96. The topological polar surface area (TPSA) is 81.6 Å². The number of rotatable bonds is 4. The third kappa shape index (κ3) is 3.89. The van der Waals surface area contributed by atoms with Crippen molar-refractivity contribution >= 4 is 22.6 Å². The molecule has 0 unspecified atom stereocenters. The van der Waals surface area contributed by atoms with E-state index in [1.807, 2.05) is 42.5 Å². The average Bonchev–Trinajstić information content (AvgIpc) is 2.72. The summed E-state index contributed by atoms with van der Waals surface area (Å²) in [6, 6.07) is 14.5. The van der Waals surface area contributed by atoms with Crippen molar-refractivity contribution in [2.75, 3.05) is 19.0 Å². The van der Waals surface area contributed by atoms with Crippen LogP contribution in [0.15, 0.2) is 53.3 Å². The van der Waals surface area contributed by atoms with Crippen LogP contribution in [0.4, 0.5) is 10.5 Å². The molecule has 3 aromatic rings. The highest BCUT2D eigenvalue weighted by atomic mass is 16.5. The minimum Gasteiger partial charge on any atom is -0.493 e. The van der Waals surface area contributed by atoms with Gasteiger partial charge in [0.15, 0.2) is 11.5 Å². The molecule has 0 saturated heterocycles. The van der Waals surface area contributed by atoms with Gasteiger partial charge in [-0.2, -0.15) is 0 Å². The molecule has 0 radical (unpaired) electrons. The first kappa shape index (κ1) is 18.9. The number of urea groups is 1. The molecule has 1 aromatic heterocycles. The smallest absolute Gasteiger partial charge is 0.319 e. The number of hydrogen-bond acceptors (Lipinski definition) is 4. The molecule has 2 amide bonds. The van der Waals surface area contributed by atoms with Crippen LogP contribution in [0.5, 0.6) is 11.5 Å². The summed E-state index contributed by atoms with van der Waals surface area (Å²) in [4.78, 5) is 25.5. The summed E-state index contributed by atoms with van der Waals surface area (Å²) < 4.78 is 13.0. The Hall–Kier alpha value is -3.48. The summed E-state index contributed by atoms with van der Waals surface area (Å²) in [6.45, 7) is 1.51. The number of nitrogens with one attached hydrogen (secondary N) is 2. The van der Waals surface area contributed by atoms with Gasteiger partial charge in [-0.05, 0) is 36.6 Å². The molecule has 0 saturated carbocycles. The lowest BCUT2D eigenvalue weighted by molar-refractivity contribution is 0.251. The number of aryl methyl sites for hydroxylation is 1. The van der Waals surface area contributed by atoms with E-state index >= 15 is 0 Å². The molecule has 1 aliphatic heterocycles. The first-order valence-corrected chi connectivity index (χ1v) is 9.63. The number of anilines is 1. The van der Waals surface area contributed by atoms with E-state index in [9.17, 15) is 9.59 Å². The number of nitrogens with zero attached hydrogens (tertiary/aromatic N) is 1. The quantitative estimate of drug-likeness (QED) is 0.711. The van der Waals surface area contributed by atoms with Crippen molar-refractivity contribution in [3.63, 3.8) is 0 Å². The summed E-state index contributed by atoms with van der Waals surface area (Å²) in [5.74, 6) is 1.16. The second kappa shape index (κ2) is 8.26. The van der Waals surface area contributed by atoms with E-state index in [0.29, 0.717) is 36.7 Å². The van der Waals surface area contributed by atoms with Crippen molar-refractivity contribution in [3.8, 4) is 11.5 Å². The van der Waals surface area contributed by atoms with Gasteiger partial charge in [0.25, 0.3) is 5.56 Å². The van der Waals surface area contributed by atoms with E-state index in [0.717, 1.165) is 23.8 Å². The molecule has 0 aliphatic carbocycles. The number of carbonyl (C=O) groups excluding carboxylic acids is 1. The van der Waals surface area contributed by atoms with Crippen LogP contribution in [0.3, 0.4) is 0 Å². The minimum absolute atomic E-state index is 0.236. The maximum absolute atomic E-state index is 13.1. The largest absolute Gasteiger partial charge is 0.493 e. The molecule has 0 bridgehead atoms. The van der Waals surface area contributed by atoms with Crippen molar-refractivity contribution in [3.05, 3.63) is 64.4 Å². The number of pyridine rings is 1. The summed E-state index contributed by atoms with van der Waals surface area (Å²) in [5.41, 5.74) is 1.66. The van der Waals surface area contributed by atoms with Crippen LogP contribution in [0.2, 0.25) is 0 Å². The molecule has 7 nitrogen and oxygen atoms in total. The van der Waals surface area contributed by atoms with E-state index in [1.165, 1.54) is 0 Å². The van der Waals surface area contributed by atoms with Gasteiger partial charge < -0.3 is 24.7 Å². The van der Waals surface area contributed by atoms with Gasteiger partial charge in [0.1, 0.15) is 5.69 Å². The predicted molar refractivity (Wildman–Crippen MR) is 112 cm³/mol. The number of benzene rings is 2. The first-order chi connectivity index (χ1) is 14.2. The Morgan fingerprint density at radius 2 is 2.00 bits per heavy atom. The number of amides is 2. The van der Waals surface area contributed by atoms with Gasteiger partial charge in [-0.1, -0.05) is 30.3 Å². The van der Waals surface area contributed by atoms with Crippen molar-refractivity contribution in [1.82, 2.24) is 9.88 Å². The maximum atomic E-state index is 13.1. The lowest BCUT2D eigenvalue weighted by Gasteiger charge is -2.21. The van der Waals surface area contributed by atoms with Crippen LogP contribution < -0.4 is 25.7 Å². The Bertz CT molecular complexity index is 1090. The average molecular weight is 393 g/mol. The van der Waals surface area contributed by atoms with E-state index in [-0.39, 0.29) is 11.2 Å². The van der Waals surface area contributed by atoms with Gasteiger partial charge in [0.05, 0.1) is 19.2 Å². The molecule has 2 aromatic carbocycles. The van der Waals surface area contributed by atoms with Crippen LogP contribution >= 0.6 is 0 Å². The molecule has 29 heavy (non-hydrogen) atoms. The van der Waals surface area contributed by atoms with Gasteiger partial charge in [-0.25, -0.2) is 4.79 Å². The number of hydrogen-bond donors (Lipinski definition) is 2. The third-order valence-electron chi connectivity index (χ3n) is 4.96. The van der Waals surface area contributed by atoms with Crippen LogP contribution in [0.25, 0.3) is 10.9 Å². The van der Waals surface area contributed by atoms with Crippen LogP contribution in [-0.2, 0) is 13.1 Å². The monoisotopic (exact) mass is 393 g/mol. The second-order valence-electron chi connectivity index (χ2n) is 6.90. The van der Waals surface area contributed by atoms with Crippen LogP contribution in [0.1, 0.15) is 18.4 Å². The molecular formula is C22H23N3O4. The molecular weight excluding hydrogens is 370 g/mol. The fraction of sp³-hybridized carbons (Fsp3) is 0.273. The van der Waals surface area contributed by atoms with Crippen molar-refractivity contribution < 1.29 is 14.3 Å². The zero-order valence-electron chi connectivity index (χ0n) is 16.2. The van der Waals surface area contributed by atoms with Gasteiger partial charge in [0, 0.05) is 18.5 Å². The Morgan fingerprint density at radius 3 is 2.79 bits per heavy atom. The molecule has 0 atom stereocenters. The summed E-state index contributed by atoms with van der Waals surface area (Å²) in [6.07, 6.45) is 1.65. The van der Waals surface area contributed by atoms with Crippen molar-refractivity contribution in [2.24, 2.45) is 0 Å². The van der Waals surface area contributed by atoms with E-state index in [2.05, 4.69) is 10.6 Å². The fourth-order valence-electron chi connectivity index (χ4n) is 3.52. The number of methoxy groups -OCH3 is 1. The van der Waals surface area contributed by atoms with Crippen molar-refractivity contribution in [1.29, 1.82) is 0 Å². The van der Waals surface area contributed by atoms with E-state index < -0.39 is 6.03 Å². The zero-order chi connectivity index (χ0) is 20.2.